The van der Waals surface area contributed by atoms with Crippen molar-refractivity contribution in [3.63, 3.8) is 0 Å². The van der Waals surface area contributed by atoms with E-state index in [-0.39, 0.29) is 17.9 Å². The maximum absolute atomic E-state index is 14.0. The highest BCUT2D eigenvalue weighted by Crippen LogP contribution is 2.38. The normalized spacial score (nSPS) is 14.8. The van der Waals surface area contributed by atoms with E-state index in [0.717, 1.165) is 16.9 Å². The topological polar surface area (TPSA) is 126 Å². The Hall–Kier alpha value is -4.48. The van der Waals surface area contributed by atoms with Crippen molar-refractivity contribution in [3.8, 4) is 17.1 Å². The fourth-order valence-corrected chi connectivity index (χ4v) is 6.22. The summed E-state index contributed by atoms with van der Waals surface area (Å²) >= 11 is 7.54. The number of aryl methyl sites for hydroxylation is 1. The van der Waals surface area contributed by atoms with E-state index in [2.05, 4.69) is 0 Å². The van der Waals surface area contributed by atoms with Gasteiger partial charge < -0.3 is 13.9 Å². The number of furan rings is 1. The summed E-state index contributed by atoms with van der Waals surface area (Å²) in [6.07, 6.45) is 2.75. The second kappa shape index (κ2) is 12.4. The van der Waals surface area contributed by atoms with Crippen molar-refractivity contribution in [3.05, 3.63) is 112 Å². The van der Waals surface area contributed by atoms with Crippen LogP contribution in [0, 0.1) is 17.0 Å². The number of rotatable bonds is 9. The summed E-state index contributed by atoms with van der Waals surface area (Å²) in [6, 6.07) is 12.3. The van der Waals surface area contributed by atoms with Gasteiger partial charge in [0.25, 0.3) is 11.2 Å². The molecule has 0 saturated carbocycles. The minimum atomic E-state index is -0.907. The van der Waals surface area contributed by atoms with E-state index < -0.39 is 22.5 Å². The van der Waals surface area contributed by atoms with Crippen LogP contribution in [0.1, 0.15) is 49.6 Å². The van der Waals surface area contributed by atoms with E-state index in [4.69, 9.17) is 30.5 Å². The molecule has 0 N–H and O–H groups in total. The summed E-state index contributed by atoms with van der Waals surface area (Å²) in [5.41, 5.74) is 1.87. The molecule has 1 atom stereocenters. The van der Waals surface area contributed by atoms with E-state index in [1.165, 1.54) is 17.7 Å². The molecule has 0 saturated heterocycles. The van der Waals surface area contributed by atoms with Gasteiger partial charge in [0.15, 0.2) is 4.80 Å². The molecule has 10 nitrogen and oxygen atoms in total. The Morgan fingerprint density at radius 3 is 2.70 bits per heavy atom. The van der Waals surface area contributed by atoms with Crippen LogP contribution in [0.4, 0.5) is 5.69 Å². The third-order valence-electron chi connectivity index (χ3n) is 6.89. The zero-order valence-electron chi connectivity index (χ0n) is 23.9. The number of esters is 1. The van der Waals surface area contributed by atoms with Crippen LogP contribution in [0.15, 0.2) is 74.0 Å². The van der Waals surface area contributed by atoms with Crippen LogP contribution < -0.4 is 19.6 Å². The van der Waals surface area contributed by atoms with Gasteiger partial charge in [-0.1, -0.05) is 42.3 Å². The molecule has 0 spiro atoms. The first kappa shape index (κ1) is 30.0. The van der Waals surface area contributed by atoms with Gasteiger partial charge in [0, 0.05) is 22.7 Å². The number of fused-ring (bicyclic) bond motifs is 1. The number of carbonyl (C=O) groups is 1. The van der Waals surface area contributed by atoms with E-state index >= 15 is 0 Å². The first-order valence-electron chi connectivity index (χ1n) is 13.6. The molecule has 2 aromatic carbocycles. The van der Waals surface area contributed by atoms with Crippen molar-refractivity contribution < 1.29 is 23.6 Å². The van der Waals surface area contributed by atoms with Gasteiger partial charge in [-0.25, -0.2) is 9.79 Å². The zero-order chi connectivity index (χ0) is 30.8. The van der Waals surface area contributed by atoms with Gasteiger partial charge in [-0.15, -0.1) is 0 Å². The van der Waals surface area contributed by atoms with Crippen molar-refractivity contribution in [2.75, 3.05) is 13.7 Å². The number of halogens is 1. The van der Waals surface area contributed by atoms with Crippen LogP contribution in [0.5, 0.6) is 5.75 Å². The summed E-state index contributed by atoms with van der Waals surface area (Å²) in [5, 5.41) is 12.1. The molecule has 0 unspecified atom stereocenters. The predicted molar refractivity (Wildman–Crippen MR) is 163 cm³/mol. The van der Waals surface area contributed by atoms with Crippen LogP contribution in [-0.4, -0.2) is 29.2 Å². The van der Waals surface area contributed by atoms with Crippen molar-refractivity contribution in [1.82, 2.24) is 4.57 Å². The van der Waals surface area contributed by atoms with Crippen LogP contribution in [0.3, 0.4) is 0 Å². The van der Waals surface area contributed by atoms with E-state index in [1.54, 1.807) is 62.4 Å². The third kappa shape index (κ3) is 5.78. The molecular formula is C31H28ClN3O7S. The van der Waals surface area contributed by atoms with Gasteiger partial charge in [0.1, 0.15) is 23.3 Å². The Kier molecular flexibility index (Phi) is 8.65. The summed E-state index contributed by atoms with van der Waals surface area (Å²) in [5.74, 6) is 0.484. The van der Waals surface area contributed by atoms with Gasteiger partial charge in [0.05, 0.1) is 40.0 Å². The number of ether oxygens (including phenoxy) is 2. The molecule has 0 radical (unpaired) electrons. The van der Waals surface area contributed by atoms with Gasteiger partial charge in [-0.05, 0) is 62.2 Å². The monoisotopic (exact) mass is 621 g/mol. The van der Waals surface area contributed by atoms with Gasteiger partial charge in [0.2, 0.25) is 0 Å². The fraction of sp³-hybridized carbons (Fsp3) is 0.258. The summed E-state index contributed by atoms with van der Waals surface area (Å²) < 4.78 is 18.8. The van der Waals surface area contributed by atoms with Crippen molar-refractivity contribution in [2.45, 2.75) is 39.7 Å². The van der Waals surface area contributed by atoms with Gasteiger partial charge in [-0.3, -0.25) is 19.5 Å². The smallest absolute Gasteiger partial charge is 0.338 e. The number of aromatic nitrogens is 1. The summed E-state index contributed by atoms with van der Waals surface area (Å²) in [6.45, 7) is 5.61. The molecule has 5 rings (SSSR count). The molecule has 1 aliphatic heterocycles. The van der Waals surface area contributed by atoms with Crippen molar-refractivity contribution >= 4 is 40.7 Å². The standard InChI is InChI=1S/C31H28ClN3O7S/c1-5-7-22-27(30(37)41-6-2)28(21-15-18(32)9-12-24(21)40-4)34-29(36)26(43-31(34)33-22)16-19-10-13-25(42-19)20-11-8-17(3)14-23(20)35(38)39/h8-16,28H,5-7H2,1-4H3/b26-16+/t28-/m1/s1. The Bertz CT molecular complexity index is 1950. The number of hydrogen-bond donors (Lipinski definition) is 0. The molecule has 0 aliphatic carbocycles. The number of nitro benzene ring substituents is 1. The molecule has 0 amide bonds. The number of benzene rings is 2. The Balaban J connectivity index is 1.71. The maximum atomic E-state index is 14.0. The molecule has 1 aliphatic rings. The minimum Gasteiger partial charge on any atom is -0.496 e. The molecule has 2 aromatic heterocycles. The summed E-state index contributed by atoms with van der Waals surface area (Å²) in [7, 11) is 1.50. The van der Waals surface area contributed by atoms with E-state index in [0.29, 0.717) is 61.3 Å². The lowest BCUT2D eigenvalue weighted by atomic mass is 9.93. The van der Waals surface area contributed by atoms with Crippen molar-refractivity contribution in [1.29, 1.82) is 0 Å². The quantitative estimate of drug-likeness (QED) is 0.133. The lowest BCUT2D eigenvalue weighted by Crippen LogP contribution is -2.40. The van der Waals surface area contributed by atoms with Gasteiger partial charge in [-0.2, -0.15) is 0 Å². The number of allylic oxidation sites excluding steroid dienone is 1. The number of carbonyl (C=O) groups excluding carboxylic acids is 1. The largest absolute Gasteiger partial charge is 0.496 e. The third-order valence-corrected chi connectivity index (χ3v) is 8.11. The molecule has 12 heteroatoms. The Morgan fingerprint density at radius 2 is 2.00 bits per heavy atom. The SMILES string of the molecule is CCCC1=C(C(=O)OCC)[C@@H](c2cc(Cl)ccc2OC)n2c(s/c(=C/c3ccc(-c4ccc(C)cc4[N+](=O)[O-])o3)c2=O)=N1. The first-order valence-corrected chi connectivity index (χ1v) is 14.8. The number of nitro groups is 1. The van der Waals surface area contributed by atoms with Gasteiger partial charge >= 0.3 is 5.97 Å². The highest BCUT2D eigenvalue weighted by Gasteiger charge is 2.36. The lowest BCUT2D eigenvalue weighted by Gasteiger charge is -2.27. The molecular weight excluding hydrogens is 594 g/mol. The number of nitrogens with zero attached hydrogens (tertiary/aromatic N) is 3. The molecule has 3 heterocycles. The molecule has 4 aromatic rings. The molecule has 0 fully saturated rings. The number of hydrogen-bond acceptors (Lipinski definition) is 9. The predicted octanol–water partition coefficient (Wildman–Crippen LogP) is 5.72. The van der Waals surface area contributed by atoms with Crippen LogP contribution >= 0.6 is 22.9 Å². The second-order valence-corrected chi connectivity index (χ2v) is 11.2. The van der Waals surface area contributed by atoms with E-state index in [9.17, 15) is 19.7 Å². The first-order chi connectivity index (χ1) is 20.7. The van der Waals surface area contributed by atoms with E-state index in [1.807, 2.05) is 6.92 Å². The molecule has 0 bridgehead atoms. The number of thiazole rings is 1. The summed E-state index contributed by atoms with van der Waals surface area (Å²) in [4.78, 5) is 43.8. The van der Waals surface area contributed by atoms with Crippen LogP contribution in [0.2, 0.25) is 5.02 Å². The highest BCUT2D eigenvalue weighted by molar-refractivity contribution is 7.07. The minimum absolute atomic E-state index is 0.0781. The maximum Gasteiger partial charge on any atom is 0.338 e. The average molecular weight is 622 g/mol. The van der Waals surface area contributed by atoms with Crippen LogP contribution in [0.25, 0.3) is 17.4 Å². The zero-order valence-corrected chi connectivity index (χ0v) is 25.5. The highest BCUT2D eigenvalue weighted by atomic mass is 35.5. The number of methoxy groups -OCH3 is 1. The fourth-order valence-electron chi connectivity index (χ4n) is 5.04. The van der Waals surface area contributed by atoms with Crippen molar-refractivity contribution in [2.24, 2.45) is 4.99 Å². The Morgan fingerprint density at radius 1 is 1.21 bits per heavy atom. The molecule has 222 valence electrons. The second-order valence-electron chi connectivity index (χ2n) is 9.78. The van der Waals surface area contributed by atoms with Crippen LogP contribution in [-0.2, 0) is 9.53 Å². The lowest BCUT2D eigenvalue weighted by molar-refractivity contribution is -0.384. The Labute approximate surface area is 255 Å². The molecule has 43 heavy (non-hydrogen) atoms. The average Bonchev–Trinajstić information content (AvgIpc) is 3.56.